The van der Waals surface area contributed by atoms with Crippen LogP contribution < -0.4 is 0 Å². The van der Waals surface area contributed by atoms with Gasteiger partial charge in [-0.2, -0.15) is 12.6 Å². The van der Waals surface area contributed by atoms with Gasteiger partial charge in [0.25, 0.3) is 0 Å². The van der Waals surface area contributed by atoms with Crippen LogP contribution in [0.4, 0.5) is 0 Å². The summed E-state index contributed by atoms with van der Waals surface area (Å²) in [4.78, 5) is 2.39. The molecule has 1 saturated heterocycles. The van der Waals surface area contributed by atoms with Gasteiger partial charge in [0.05, 0.1) is 11.5 Å². The first-order chi connectivity index (χ1) is 8.96. The SMILES string of the molecule is CC1CS(=O)(=O)CCN1CC1(CS)CCCCCC1. The van der Waals surface area contributed by atoms with Crippen molar-refractivity contribution in [3.8, 4) is 0 Å². The third-order valence-electron chi connectivity index (χ3n) is 4.85. The fraction of sp³-hybridized carbons (Fsp3) is 1.00. The van der Waals surface area contributed by atoms with Gasteiger partial charge in [-0.1, -0.05) is 25.7 Å². The predicted octanol–water partition coefficient (Wildman–Crippen LogP) is 2.38. The van der Waals surface area contributed by atoms with Gasteiger partial charge in [0.1, 0.15) is 0 Å². The highest BCUT2D eigenvalue weighted by Crippen LogP contribution is 2.37. The maximum atomic E-state index is 11.7. The summed E-state index contributed by atoms with van der Waals surface area (Å²) in [5.41, 5.74) is 0.314. The fourth-order valence-electron chi connectivity index (χ4n) is 3.54. The normalized spacial score (nSPS) is 31.8. The lowest BCUT2D eigenvalue weighted by Gasteiger charge is -2.41. The first-order valence-electron chi connectivity index (χ1n) is 7.52. The van der Waals surface area contributed by atoms with Crippen LogP contribution in [0.1, 0.15) is 45.4 Å². The number of nitrogens with zero attached hydrogens (tertiary/aromatic N) is 1. The minimum Gasteiger partial charge on any atom is -0.298 e. The molecule has 0 N–H and O–H groups in total. The molecule has 5 heteroatoms. The number of sulfone groups is 1. The van der Waals surface area contributed by atoms with Crippen molar-refractivity contribution in [2.24, 2.45) is 5.41 Å². The van der Waals surface area contributed by atoms with Gasteiger partial charge in [-0.25, -0.2) is 8.42 Å². The van der Waals surface area contributed by atoms with E-state index in [4.69, 9.17) is 0 Å². The van der Waals surface area contributed by atoms with Crippen LogP contribution in [-0.2, 0) is 9.84 Å². The Morgan fingerprint density at radius 1 is 1.21 bits per heavy atom. The Labute approximate surface area is 123 Å². The maximum absolute atomic E-state index is 11.7. The topological polar surface area (TPSA) is 37.4 Å². The van der Waals surface area contributed by atoms with Gasteiger partial charge in [0.15, 0.2) is 9.84 Å². The van der Waals surface area contributed by atoms with Crippen molar-refractivity contribution in [3.63, 3.8) is 0 Å². The number of thiol groups is 1. The Balaban J connectivity index is 2.01. The molecule has 1 unspecified atom stereocenters. The average molecular weight is 306 g/mol. The molecule has 3 nitrogen and oxygen atoms in total. The van der Waals surface area contributed by atoms with E-state index in [1.165, 1.54) is 38.5 Å². The molecule has 2 fully saturated rings. The minimum absolute atomic E-state index is 0.166. The first kappa shape index (κ1) is 15.6. The lowest BCUT2D eigenvalue weighted by atomic mass is 9.81. The van der Waals surface area contributed by atoms with E-state index in [2.05, 4.69) is 24.5 Å². The Morgan fingerprint density at radius 3 is 2.37 bits per heavy atom. The van der Waals surface area contributed by atoms with E-state index in [0.717, 1.165) is 12.3 Å². The summed E-state index contributed by atoms with van der Waals surface area (Å²) in [7, 11) is -2.80. The monoisotopic (exact) mass is 305 g/mol. The van der Waals surface area contributed by atoms with E-state index in [1.54, 1.807) is 0 Å². The molecule has 0 radical (unpaired) electrons. The van der Waals surface area contributed by atoms with Gasteiger partial charge < -0.3 is 0 Å². The lowest BCUT2D eigenvalue weighted by molar-refractivity contribution is 0.126. The minimum atomic E-state index is -2.80. The molecule has 0 aromatic carbocycles. The third-order valence-corrected chi connectivity index (χ3v) is 7.31. The van der Waals surface area contributed by atoms with Gasteiger partial charge in [0.2, 0.25) is 0 Å². The summed E-state index contributed by atoms with van der Waals surface area (Å²) < 4.78 is 23.3. The standard InChI is InChI=1S/C14H27NO2S2/c1-13-10-19(16,17)9-8-15(13)11-14(12-18)6-4-2-3-5-7-14/h13,18H,2-12H2,1H3. The average Bonchev–Trinajstić information content (AvgIpc) is 2.58. The molecule has 0 spiro atoms. The molecular formula is C14H27NO2S2. The Kier molecular flexibility index (Phi) is 5.23. The summed E-state index contributed by atoms with van der Waals surface area (Å²) in [6, 6.07) is 0.166. The highest BCUT2D eigenvalue weighted by atomic mass is 32.2. The molecule has 1 saturated carbocycles. The van der Waals surface area contributed by atoms with E-state index in [0.29, 0.717) is 23.5 Å². The molecule has 0 aromatic heterocycles. The predicted molar refractivity (Wildman–Crippen MR) is 83.7 cm³/mol. The first-order valence-corrected chi connectivity index (χ1v) is 9.97. The second kappa shape index (κ2) is 6.35. The molecule has 0 amide bonds. The molecule has 1 aliphatic heterocycles. The maximum Gasteiger partial charge on any atom is 0.153 e. The molecule has 0 aromatic rings. The zero-order valence-electron chi connectivity index (χ0n) is 12.0. The largest absolute Gasteiger partial charge is 0.298 e. The molecule has 1 heterocycles. The van der Waals surface area contributed by atoms with Crippen LogP contribution in [0.25, 0.3) is 0 Å². The van der Waals surface area contributed by atoms with Gasteiger partial charge in [-0.05, 0) is 30.9 Å². The second-order valence-electron chi connectivity index (χ2n) is 6.51. The number of rotatable bonds is 3. The van der Waals surface area contributed by atoms with Crippen molar-refractivity contribution < 1.29 is 8.42 Å². The van der Waals surface area contributed by atoms with E-state index in [1.807, 2.05) is 0 Å². The van der Waals surface area contributed by atoms with Gasteiger partial charge in [-0.3, -0.25) is 4.90 Å². The summed E-state index contributed by atoms with van der Waals surface area (Å²) in [5, 5.41) is 0. The third kappa shape index (κ3) is 4.11. The van der Waals surface area contributed by atoms with Crippen LogP contribution in [0.5, 0.6) is 0 Å². The van der Waals surface area contributed by atoms with Crippen molar-refractivity contribution in [2.45, 2.75) is 51.5 Å². The zero-order valence-corrected chi connectivity index (χ0v) is 13.7. The fourth-order valence-corrected chi connectivity index (χ4v) is 5.58. The molecule has 112 valence electrons. The summed E-state index contributed by atoms with van der Waals surface area (Å²) in [6.45, 7) is 3.80. The van der Waals surface area contributed by atoms with Crippen molar-refractivity contribution in [1.29, 1.82) is 0 Å². The Bertz CT molecular complexity index is 386. The molecular weight excluding hydrogens is 278 g/mol. The van der Waals surface area contributed by atoms with Crippen LogP contribution in [0.3, 0.4) is 0 Å². The van der Waals surface area contributed by atoms with Crippen LogP contribution in [-0.4, -0.2) is 49.7 Å². The highest BCUT2D eigenvalue weighted by molar-refractivity contribution is 7.91. The van der Waals surface area contributed by atoms with Crippen molar-refractivity contribution in [3.05, 3.63) is 0 Å². The van der Waals surface area contributed by atoms with Crippen LogP contribution in [0.15, 0.2) is 0 Å². The summed E-state index contributed by atoms with van der Waals surface area (Å²) in [5.74, 6) is 1.60. The molecule has 0 bridgehead atoms. The van der Waals surface area contributed by atoms with Crippen molar-refractivity contribution in [1.82, 2.24) is 4.90 Å². The summed E-state index contributed by atoms with van der Waals surface area (Å²) in [6.07, 6.45) is 7.82. The van der Waals surface area contributed by atoms with E-state index < -0.39 is 9.84 Å². The van der Waals surface area contributed by atoms with Crippen LogP contribution in [0, 0.1) is 5.41 Å². The smallest absolute Gasteiger partial charge is 0.153 e. The van der Waals surface area contributed by atoms with Crippen LogP contribution in [0.2, 0.25) is 0 Å². The van der Waals surface area contributed by atoms with Gasteiger partial charge in [0, 0.05) is 19.1 Å². The molecule has 1 aliphatic carbocycles. The Morgan fingerprint density at radius 2 is 1.84 bits per heavy atom. The zero-order chi connectivity index (χ0) is 13.9. The Hall–Kier alpha value is 0.260. The quantitative estimate of drug-likeness (QED) is 0.642. The second-order valence-corrected chi connectivity index (χ2v) is 9.05. The number of hydrogen-bond acceptors (Lipinski definition) is 4. The molecule has 2 rings (SSSR count). The van der Waals surface area contributed by atoms with E-state index >= 15 is 0 Å². The van der Waals surface area contributed by atoms with E-state index in [9.17, 15) is 8.42 Å². The molecule has 19 heavy (non-hydrogen) atoms. The lowest BCUT2D eigenvalue weighted by Crippen LogP contribution is -2.51. The van der Waals surface area contributed by atoms with Crippen molar-refractivity contribution >= 4 is 22.5 Å². The van der Waals surface area contributed by atoms with Gasteiger partial charge in [-0.15, -0.1) is 0 Å². The molecule has 2 aliphatic rings. The summed E-state index contributed by atoms with van der Waals surface area (Å²) >= 11 is 4.62. The number of hydrogen-bond donors (Lipinski definition) is 1. The van der Waals surface area contributed by atoms with Crippen LogP contribution >= 0.6 is 12.6 Å². The van der Waals surface area contributed by atoms with Gasteiger partial charge >= 0.3 is 0 Å². The van der Waals surface area contributed by atoms with Crippen molar-refractivity contribution in [2.75, 3.05) is 30.3 Å². The molecule has 1 atom stereocenters. The highest BCUT2D eigenvalue weighted by Gasteiger charge is 2.36. The van der Waals surface area contributed by atoms with E-state index in [-0.39, 0.29) is 6.04 Å².